The first-order chi connectivity index (χ1) is 9.34. The average molecular weight is 398 g/mol. The summed E-state index contributed by atoms with van der Waals surface area (Å²) in [6, 6.07) is 1.14. The summed E-state index contributed by atoms with van der Waals surface area (Å²) in [4.78, 5) is 26.7. The Morgan fingerprint density at radius 2 is 2.05 bits per heavy atom. The predicted molar refractivity (Wildman–Crippen MR) is 79.9 cm³/mol. The Hall–Kier alpha value is -0.230. The summed E-state index contributed by atoms with van der Waals surface area (Å²) in [5.74, 6) is -0.212. The van der Waals surface area contributed by atoms with Gasteiger partial charge in [-0.05, 0) is 34.8 Å². The maximum absolute atomic E-state index is 12.6. The fraction of sp³-hybridized carbons (Fsp3) is 0.500. The second-order valence-electron chi connectivity index (χ2n) is 5.38. The summed E-state index contributed by atoms with van der Waals surface area (Å²) < 4.78 is 0.647. The first kappa shape index (κ1) is 13.4. The number of hydrogen-bond donors (Lipinski definition) is 0. The highest BCUT2D eigenvalue weighted by atomic mass is 79.9. The summed E-state index contributed by atoms with van der Waals surface area (Å²) in [7, 11) is 0. The van der Waals surface area contributed by atoms with Gasteiger partial charge in [-0.3, -0.25) is 14.2 Å². The molecule has 3 aliphatic rings. The van der Waals surface area contributed by atoms with Gasteiger partial charge in [-0.1, -0.05) is 34.8 Å². The molecule has 1 aromatic heterocycles. The normalized spacial score (nSPS) is 32.7. The Balaban J connectivity index is 2.07. The molecule has 1 saturated heterocycles. The van der Waals surface area contributed by atoms with Crippen LogP contribution in [0.15, 0.2) is 15.3 Å². The van der Waals surface area contributed by atoms with E-state index >= 15 is 0 Å². The first-order valence-electron chi connectivity index (χ1n) is 6.14. The van der Waals surface area contributed by atoms with Crippen LogP contribution < -0.4 is 5.56 Å². The molecule has 106 valence electrons. The molecule has 2 fully saturated rings. The van der Waals surface area contributed by atoms with Crippen LogP contribution in [0.3, 0.4) is 0 Å². The molecular formula is C12H8BrCl3N2O2. The monoisotopic (exact) mass is 396 g/mol. The van der Waals surface area contributed by atoms with Gasteiger partial charge in [-0.25, -0.2) is 0 Å². The van der Waals surface area contributed by atoms with Gasteiger partial charge < -0.3 is 4.90 Å². The minimum Gasteiger partial charge on any atom is -0.326 e. The summed E-state index contributed by atoms with van der Waals surface area (Å²) in [5.41, 5.74) is -0.790. The first-order valence-corrected chi connectivity index (χ1v) is 8.07. The summed E-state index contributed by atoms with van der Waals surface area (Å²) in [5, 5.41) is 0.0409. The van der Waals surface area contributed by atoms with E-state index in [1.807, 2.05) is 0 Å². The zero-order valence-electron chi connectivity index (χ0n) is 10.00. The number of fused-ring (bicyclic) bond motifs is 2. The Labute approximate surface area is 137 Å². The number of nitrogens with zero attached hydrogens (tertiary/aromatic N) is 2. The van der Waals surface area contributed by atoms with E-state index in [2.05, 4.69) is 15.9 Å². The van der Waals surface area contributed by atoms with Crippen molar-refractivity contribution in [1.82, 2.24) is 9.47 Å². The smallest absolute Gasteiger partial charge is 0.271 e. The van der Waals surface area contributed by atoms with Crippen molar-refractivity contribution in [3.05, 3.63) is 31.6 Å². The lowest BCUT2D eigenvalue weighted by Gasteiger charge is -2.31. The van der Waals surface area contributed by atoms with Crippen molar-refractivity contribution in [2.24, 2.45) is 0 Å². The molecule has 1 aromatic rings. The number of amides is 1. The van der Waals surface area contributed by atoms with Gasteiger partial charge in [-0.15, -0.1) is 0 Å². The molecule has 2 aliphatic heterocycles. The van der Waals surface area contributed by atoms with E-state index < -0.39 is 21.5 Å². The molecule has 20 heavy (non-hydrogen) atoms. The Morgan fingerprint density at radius 1 is 1.35 bits per heavy atom. The lowest BCUT2D eigenvalue weighted by molar-refractivity contribution is 0.0652. The number of hydrogen-bond acceptors (Lipinski definition) is 2. The second-order valence-corrected chi connectivity index (χ2v) is 7.99. The number of rotatable bonds is 0. The van der Waals surface area contributed by atoms with Crippen molar-refractivity contribution < 1.29 is 4.79 Å². The minimum absolute atomic E-state index is 0.0409. The molecule has 0 aromatic carbocycles. The largest absolute Gasteiger partial charge is 0.326 e. The zero-order valence-corrected chi connectivity index (χ0v) is 13.9. The van der Waals surface area contributed by atoms with Crippen LogP contribution in [0, 0.1) is 0 Å². The van der Waals surface area contributed by atoms with Crippen molar-refractivity contribution >= 4 is 56.6 Å². The molecule has 0 N–H and O–H groups in total. The third kappa shape index (κ3) is 1.23. The average Bonchev–Trinajstić information content (AvgIpc) is 2.77. The molecular weight excluding hydrogens is 390 g/mol. The number of carbonyl (C=O) groups excluding carboxylic acids is 1. The molecule has 3 heterocycles. The van der Waals surface area contributed by atoms with E-state index in [4.69, 9.17) is 34.8 Å². The van der Waals surface area contributed by atoms with Gasteiger partial charge in [0.25, 0.3) is 11.5 Å². The number of aromatic nitrogens is 1. The third-order valence-electron chi connectivity index (χ3n) is 4.57. The molecule has 1 aliphatic carbocycles. The molecule has 8 heteroatoms. The van der Waals surface area contributed by atoms with E-state index in [1.54, 1.807) is 11.0 Å². The second kappa shape index (κ2) is 3.75. The van der Waals surface area contributed by atoms with E-state index in [0.29, 0.717) is 17.4 Å². The molecule has 1 saturated carbocycles. The van der Waals surface area contributed by atoms with Gasteiger partial charge in [0, 0.05) is 11.0 Å². The predicted octanol–water partition coefficient (Wildman–Crippen LogP) is 2.98. The highest BCUT2D eigenvalue weighted by Crippen LogP contribution is 2.73. The number of pyridine rings is 1. The van der Waals surface area contributed by atoms with E-state index in [0.717, 1.165) is 6.42 Å². The van der Waals surface area contributed by atoms with Crippen molar-refractivity contribution in [3.63, 3.8) is 0 Å². The quantitative estimate of drug-likeness (QED) is 0.631. The number of carbonyl (C=O) groups is 1. The molecule has 2 atom stereocenters. The van der Waals surface area contributed by atoms with Crippen molar-refractivity contribution in [3.8, 4) is 0 Å². The standard InChI is InChI=1S/C12H8BrCl3N2O2/c13-5-4-6-8(19)17-3-1-2-11(17)10(12(11,15)16)18(6)9(20)7(5)14/h4,10H,1-3H2. The Kier molecular flexibility index (Phi) is 2.52. The molecule has 4 rings (SSSR count). The van der Waals surface area contributed by atoms with Gasteiger partial charge in [0.15, 0.2) is 4.33 Å². The minimum atomic E-state index is -1.13. The summed E-state index contributed by atoms with van der Waals surface area (Å²) in [6.45, 7) is 0.616. The lowest BCUT2D eigenvalue weighted by atomic mass is 10.1. The van der Waals surface area contributed by atoms with Crippen LogP contribution in [-0.4, -0.2) is 31.8 Å². The Bertz CT molecular complexity index is 732. The zero-order chi connectivity index (χ0) is 14.4. The highest BCUT2D eigenvalue weighted by molar-refractivity contribution is 9.10. The van der Waals surface area contributed by atoms with E-state index in [1.165, 1.54) is 4.57 Å². The molecule has 0 radical (unpaired) electrons. The highest BCUT2D eigenvalue weighted by Gasteiger charge is 2.83. The topological polar surface area (TPSA) is 42.3 Å². The van der Waals surface area contributed by atoms with Crippen LogP contribution in [0.25, 0.3) is 0 Å². The van der Waals surface area contributed by atoms with E-state index in [9.17, 15) is 9.59 Å². The van der Waals surface area contributed by atoms with Crippen molar-refractivity contribution in [2.45, 2.75) is 28.8 Å². The van der Waals surface area contributed by atoms with Crippen LogP contribution in [0.4, 0.5) is 0 Å². The van der Waals surface area contributed by atoms with Gasteiger partial charge in [0.1, 0.15) is 16.3 Å². The van der Waals surface area contributed by atoms with Crippen LogP contribution in [0.2, 0.25) is 5.02 Å². The van der Waals surface area contributed by atoms with Gasteiger partial charge in [0.05, 0.1) is 6.04 Å². The molecule has 1 amide bonds. The van der Waals surface area contributed by atoms with Crippen LogP contribution in [0.5, 0.6) is 0 Å². The molecule has 0 bridgehead atoms. The van der Waals surface area contributed by atoms with Crippen LogP contribution >= 0.6 is 50.7 Å². The Morgan fingerprint density at radius 3 is 2.75 bits per heavy atom. The SMILES string of the molecule is O=C1c2cc(Br)c(Cl)c(=O)n2C2C(Cl)(Cl)C23CCCN13. The van der Waals surface area contributed by atoms with Gasteiger partial charge >= 0.3 is 0 Å². The fourth-order valence-corrected chi connectivity index (χ4v) is 5.26. The third-order valence-corrected chi connectivity index (χ3v) is 6.86. The van der Waals surface area contributed by atoms with Crippen LogP contribution in [-0.2, 0) is 0 Å². The maximum Gasteiger partial charge on any atom is 0.271 e. The maximum atomic E-state index is 12.6. The number of halogens is 4. The molecule has 4 nitrogen and oxygen atoms in total. The van der Waals surface area contributed by atoms with Crippen molar-refractivity contribution in [2.75, 3.05) is 6.54 Å². The molecule has 1 spiro atoms. The van der Waals surface area contributed by atoms with Gasteiger partial charge in [-0.2, -0.15) is 0 Å². The van der Waals surface area contributed by atoms with Crippen molar-refractivity contribution in [1.29, 1.82) is 0 Å². The van der Waals surface area contributed by atoms with E-state index in [-0.39, 0.29) is 16.6 Å². The molecule has 2 unspecified atom stereocenters. The van der Waals surface area contributed by atoms with Gasteiger partial charge in [0.2, 0.25) is 0 Å². The number of alkyl halides is 2. The summed E-state index contributed by atoms with van der Waals surface area (Å²) >= 11 is 22.0. The summed E-state index contributed by atoms with van der Waals surface area (Å²) in [6.07, 6.45) is 1.54. The van der Waals surface area contributed by atoms with Crippen LogP contribution in [0.1, 0.15) is 29.4 Å². The lowest BCUT2D eigenvalue weighted by Crippen LogP contribution is -2.47. The fourth-order valence-electron chi connectivity index (χ4n) is 3.68.